The van der Waals surface area contributed by atoms with Crippen LogP contribution in [0.3, 0.4) is 0 Å². The van der Waals surface area contributed by atoms with Crippen LogP contribution in [0.2, 0.25) is 0 Å². The van der Waals surface area contributed by atoms with Gasteiger partial charge in [0, 0.05) is 23.7 Å². The van der Waals surface area contributed by atoms with Gasteiger partial charge in [0.2, 0.25) is 0 Å². The summed E-state index contributed by atoms with van der Waals surface area (Å²) >= 11 is 4.88. The second kappa shape index (κ2) is 6.61. The van der Waals surface area contributed by atoms with Crippen LogP contribution in [0.25, 0.3) is 0 Å². The van der Waals surface area contributed by atoms with Crippen LogP contribution >= 0.6 is 12.2 Å². The number of thiocarbonyl (C=S) groups is 1. The molecule has 110 valence electrons. The van der Waals surface area contributed by atoms with Gasteiger partial charge in [0.25, 0.3) is 0 Å². The molecule has 1 saturated heterocycles. The largest absolute Gasteiger partial charge is 0.389 e. The highest BCUT2D eigenvalue weighted by atomic mass is 32.1. The number of rotatable bonds is 4. The molecular weight excluding hydrogens is 273 g/mol. The lowest BCUT2D eigenvalue weighted by atomic mass is 10.0. The quantitative estimate of drug-likeness (QED) is 0.861. The van der Waals surface area contributed by atoms with Gasteiger partial charge in [0.05, 0.1) is 0 Å². The zero-order chi connectivity index (χ0) is 14.7. The smallest absolute Gasteiger partial charge is 0.137 e. The van der Waals surface area contributed by atoms with E-state index in [4.69, 9.17) is 18.0 Å². The third-order valence-electron chi connectivity index (χ3n) is 4.08. The van der Waals surface area contributed by atoms with Gasteiger partial charge < -0.3 is 10.6 Å². The van der Waals surface area contributed by atoms with Gasteiger partial charge in [-0.1, -0.05) is 24.4 Å². The van der Waals surface area contributed by atoms with Gasteiger partial charge in [-0.3, -0.25) is 4.90 Å². The van der Waals surface area contributed by atoms with Crippen LogP contribution in [0.15, 0.2) is 18.2 Å². The van der Waals surface area contributed by atoms with E-state index in [0.29, 0.717) is 23.7 Å². The van der Waals surface area contributed by atoms with Gasteiger partial charge in [0.15, 0.2) is 0 Å². The molecule has 0 aromatic heterocycles. The van der Waals surface area contributed by atoms with Crippen LogP contribution in [0.1, 0.15) is 24.0 Å². The summed E-state index contributed by atoms with van der Waals surface area (Å²) in [5.74, 6) is -0.278. The fourth-order valence-corrected chi connectivity index (χ4v) is 2.88. The van der Waals surface area contributed by atoms with E-state index in [1.807, 2.05) is 12.1 Å². The minimum absolute atomic E-state index is 0.117. The molecule has 0 spiro atoms. The number of piperidine rings is 1. The molecule has 2 rings (SSSR count). The van der Waals surface area contributed by atoms with Gasteiger partial charge in [-0.05, 0) is 46.1 Å². The Balaban J connectivity index is 2.06. The van der Waals surface area contributed by atoms with Crippen LogP contribution in [-0.4, -0.2) is 48.0 Å². The summed E-state index contributed by atoms with van der Waals surface area (Å²) in [6.07, 6.45) is 2.26. The highest BCUT2D eigenvalue weighted by molar-refractivity contribution is 7.80. The van der Waals surface area contributed by atoms with Gasteiger partial charge >= 0.3 is 0 Å². The van der Waals surface area contributed by atoms with Crippen LogP contribution in [0.4, 0.5) is 4.39 Å². The van der Waals surface area contributed by atoms with E-state index in [9.17, 15) is 4.39 Å². The maximum absolute atomic E-state index is 14.3. The second-order valence-electron chi connectivity index (χ2n) is 5.59. The van der Waals surface area contributed by atoms with E-state index in [1.165, 1.54) is 0 Å². The molecule has 0 radical (unpaired) electrons. The molecular formula is C15H22FN3S. The van der Waals surface area contributed by atoms with Gasteiger partial charge in [0.1, 0.15) is 10.8 Å². The topological polar surface area (TPSA) is 32.5 Å². The van der Waals surface area contributed by atoms with Gasteiger partial charge in [-0.15, -0.1) is 0 Å². The van der Waals surface area contributed by atoms with Crippen molar-refractivity contribution in [3.8, 4) is 0 Å². The second-order valence-corrected chi connectivity index (χ2v) is 6.03. The molecule has 3 nitrogen and oxygen atoms in total. The zero-order valence-electron chi connectivity index (χ0n) is 12.1. The Morgan fingerprint density at radius 2 is 2.10 bits per heavy atom. The maximum Gasteiger partial charge on any atom is 0.137 e. The average molecular weight is 295 g/mol. The number of hydrogen-bond acceptors (Lipinski definition) is 3. The molecule has 0 aliphatic carbocycles. The Bertz CT molecular complexity index is 484. The molecule has 2 N–H and O–H groups in total. The fourth-order valence-electron chi connectivity index (χ4n) is 2.73. The molecule has 1 heterocycles. The summed E-state index contributed by atoms with van der Waals surface area (Å²) in [4.78, 5) is 4.68. The molecule has 0 amide bonds. The number of halogens is 1. The first kappa shape index (κ1) is 15.4. The Kier molecular flexibility index (Phi) is 5.07. The van der Waals surface area contributed by atoms with Crippen molar-refractivity contribution in [1.82, 2.24) is 9.80 Å². The Hall–Kier alpha value is -1.04. The number of likely N-dealkylation sites (tertiary alicyclic amines) is 1. The molecule has 1 fully saturated rings. The SMILES string of the molecule is CN1CCC(N(C)Cc2cccc(C(N)=S)c2F)CC1. The summed E-state index contributed by atoms with van der Waals surface area (Å²) in [6, 6.07) is 5.77. The van der Waals surface area contributed by atoms with Crippen LogP contribution < -0.4 is 5.73 Å². The van der Waals surface area contributed by atoms with Crippen molar-refractivity contribution in [3.05, 3.63) is 35.1 Å². The van der Waals surface area contributed by atoms with Crippen molar-refractivity contribution >= 4 is 17.2 Å². The first-order valence-electron chi connectivity index (χ1n) is 6.95. The first-order chi connectivity index (χ1) is 9.49. The van der Waals surface area contributed by atoms with Crippen molar-refractivity contribution in [2.45, 2.75) is 25.4 Å². The third-order valence-corrected chi connectivity index (χ3v) is 4.30. The summed E-state index contributed by atoms with van der Waals surface area (Å²) in [5.41, 5.74) is 6.55. The molecule has 1 aliphatic heterocycles. The summed E-state index contributed by atoms with van der Waals surface area (Å²) in [7, 11) is 4.20. The van der Waals surface area contributed by atoms with Crippen molar-refractivity contribution in [2.75, 3.05) is 27.2 Å². The highest BCUT2D eigenvalue weighted by Gasteiger charge is 2.21. The number of benzene rings is 1. The lowest BCUT2D eigenvalue weighted by Crippen LogP contribution is -2.41. The van der Waals surface area contributed by atoms with E-state index in [-0.39, 0.29) is 10.8 Å². The average Bonchev–Trinajstić information content (AvgIpc) is 2.41. The Morgan fingerprint density at radius 3 is 2.70 bits per heavy atom. The predicted molar refractivity (Wildman–Crippen MR) is 84.3 cm³/mol. The third kappa shape index (κ3) is 3.53. The molecule has 5 heteroatoms. The number of nitrogens with zero attached hydrogens (tertiary/aromatic N) is 2. The molecule has 0 atom stereocenters. The summed E-state index contributed by atoms with van der Waals surface area (Å²) in [6.45, 7) is 2.80. The van der Waals surface area contributed by atoms with Crippen molar-refractivity contribution < 1.29 is 4.39 Å². The molecule has 1 aromatic rings. The predicted octanol–water partition coefficient (Wildman–Crippen LogP) is 1.99. The minimum atomic E-state index is -0.278. The van der Waals surface area contributed by atoms with Gasteiger partial charge in [-0.25, -0.2) is 4.39 Å². The van der Waals surface area contributed by atoms with Crippen LogP contribution in [0, 0.1) is 5.82 Å². The number of nitrogens with two attached hydrogens (primary N) is 1. The lowest BCUT2D eigenvalue weighted by Gasteiger charge is -2.35. The van der Waals surface area contributed by atoms with Crippen LogP contribution in [0.5, 0.6) is 0 Å². The number of hydrogen-bond donors (Lipinski definition) is 1. The normalized spacial score (nSPS) is 17.6. The van der Waals surface area contributed by atoms with Crippen molar-refractivity contribution in [3.63, 3.8) is 0 Å². The molecule has 20 heavy (non-hydrogen) atoms. The highest BCUT2D eigenvalue weighted by Crippen LogP contribution is 2.19. The van der Waals surface area contributed by atoms with Gasteiger partial charge in [-0.2, -0.15) is 0 Å². The Morgan fingerprint density at radius 1 is 1.45 bits per heavy atom. The summed E-state index contributed by atoms with van der Waals surface area (Å²) in [5, 5.41) is 0. The fraction of sp³-hybridized carbons (Fsp3) is 0.533. The molecule has 1 aliphatic rings. The van der Waals surface area contributed by atoms with Crippen molar-refractivity contribution in [2.24, 2.45) is 5.73 Å². The van der Waals surface area contributed by atoms with Crippen molar-refractivity contribution in [1.29, 1.82) is 0 Å². The molecule has 0 unspecified atom stereocenters. The lowest BCUT2D eigenvalue weighted by molar-refractivity contribution is 0.138. The van der Waals surface area contributed by atoms with E-state index < -0.39 is 0 Å². The first-order valence-corrected chi connectivity index (χ1v) is 7.36. The minimum Gasteiger partial charge on any atom is -0.389 e. The Labute approximate surface area is 125 Å². The monoisotopic (exact) mass is 295 g/mol. The van der Waals surface area contributed by atoms with E-state index in [1.54, 1.807) is 6.07 Å². The molecule has 0 saturated carbocycles. The molecule has 1 aromatic carbocycles. The van der Waals surface area contributed by atoms with Crippen LogP contribution in [-0.2, 0) is 6.54 Å². The summed E-state index contributed by atoms with van der Waals surface area (Å²) < 4.78 is 14.3. The van der Waals surface area contributed by atoms with E-state index >= 15 is 0 Å². The standard InChI is InChI=1S/C15H22FN3S/c1-18-8-6-12(7-9-18)19(2)10-11-4-3-5-13(14(11)16)15(17)20/h3-5,12H,6-10H2,1-2H3,(H2,17,20). The molecule has 0 bridgehead atoms. The van der Waals surface area contributed by atoms with E-state index in [2.05, 4.69) is 23.9 Å². The zero-order valence-corrected chi connectivity index (χ0v) is 12.9. The van der Waals surface area contributed by atoms with E-state index in [0.717, 1.165) is 25.9 Å². The maximum atomic E-state index is 14.3.